The van der Waals surface area contributed by atoms with Crippen LogP contribution in [-0.4, -0.2) is 28.2 Å². The summed E-state index contributed by atoms with van der Waals surface area (Å²) in [6.07, 6.45) is -0.0202. The van der Waals surface area contributed by atoms with Gasteiger partial charge in [0.1, 0.15) is 5.75 Å². The van der Waals surface area contributed by atoms with Gasteiger partial charge < -0.3 is 9.72 Å². The molecule has 0 saturated heterocycles. The van der Waals surface area contributed by atoms with Crippen molar-refractivity contribution in [2.45, 2.75) is 20.3 Å². The van der Waals surface area contributed by atoms with Crippen LogP contribution in [0, 0.1) is 4.77 Å². The molecule has 3 N–H and O–H groups in total. The van der Waals surface area contributed by atoms with E-state index in [1.807, 2.05) is 31.2 Å². The maximum absolute atomic E-state index is 11.9. The smallest absolute Gasteiger partial charge is 0.251 e. The Morgan fingerprint density at radius 3 is 2.62 bits per heavy atom. The number of benzene rings is 1. The Labute approximate surface area is 143 Å². The van der Waals surface area contributed by atoms with Gasteiger partial charge in [0.2, 0.25) is 5.91 Å². The molecule has 1 aromatic heterocycles. The summed E-state index contributed by atoms with van der Waals surface area (Å²) in [6.45, 7) is 4.31. The van der Waals surface area contributed by atoms with Crippen molar-refractivity contribution in [2.24, 2.45) is 5.10 Å². The van der Waals surface area contributed by atoms with Crippen LogP contribution in [0.3, 0.4) is 0 Å². The first-order chi connectivity index (χ1) is 11.5. The van der Waals surface area contributed by atoms with Gasteiger partial charge in [-0.25, -0.2) is 5.43 Å². The van der Waals surface area contributed by atoms with Gasteiger partial charge in [-0.05, 0) is 55.9 Å². The van der Waals surface area contributed by atoms with Gasteiger partial charge in [0.05, 0.1) is 18.7 Å². The van der Waals surface area contributed by atoms with Crippen LogP contribution in [-0.2, 0) is 11.2 Å². The molecule has 0 saturated carbocycles. The maximum Gasteiger partial charge on any atom is 0.251 e. The molecule has 7 nitrogen and oxygen atoms in total. The molecule has 126 valence electrons. The third-order valence-electron chi connectivity index (χ3n) is 3.10. The van der Waals surface area contributed by atoms with Crippen molar-refractivity contribution in [1.29, 1.82) is 0 Å². The summed E-state index contributed by atoms with van der Waals surface area (Å²) in [7, 11) is 0. The monoisotopic (exact) mass is 346 g/mol. The number of nitrogens with zero attached hydrogens (tertiary/aromatic N) is 1. The van der Waals surface area contributed by atoms with Crippen LogP contribution in [0.5, 0.6) is 5.75 Å². The lowest BCUT2D eigenvalue weighted by atomic mass is 10.1. The van der Waals surface area contributed by atoms with Gasteiger partial charge in [-0.2, -0.15) is 5.10 Å². The molecule has 24 heavy (non-hydrogen) atoms. The number of rotatable bonds is 6. The highest BCUT2D eigenvalue weighted by Crippen LogP contribution is 2.12. The van der Waals surface area contributed by atoms with Gasteiger partial charge in [0, 0.05) is 11.8 Å². The zero-order valence-electron chi connectivity index (χ0n) is 13.4. The van der Waals surface area contributed by atoms with E-state index < -0.39 is 0 Å². The fourth-order valence-electron chi connectivity index (χ4n) is 2.00. The molecule has 0 aliphatic carbocycles. The standard InChI is InChI=1S/C16H18N4O3S/c1-3-23-13-6-4-11(5-7-13)10(2)19-20-15(22)9-12-8-14(21)18-16(24)17-12/h4-8H,3,9H2,1-2H3,(H,20,22)(H2,17,18,21,24)/b19-10-. The molecule has 0 aliphatic heterocycles. The van der Waals surface area contributed by atoms with E-state index in [0.29, 0.717) is 18.0 Å². The molecule has 0 aliphatic rings. The molecule has 2 rings (SSSR count). The van der Waals surface area contributed by atoms with E-state index >= 15 is 0 Å². The highest BCUT2D eigenvalue weighted by Gasteiger charge is 2.05. The zero-order chi connectivity index (χ0) is 17.5. The van der Waals surface area contributed by atoms with E-state index in [1.165, 1.54) is 6.07 Å². The fraction of sp³-hybridized carbons (Fsp3) is 0.250. The third kappa shape index (κ3) is 5.17. The van der Waals surface area contributed by atoms with Gasteiger partial charge in [0.25, 0.3) is 5.56 Å². The molecule has 0 fully saturated rings. The van der Waals surface area contributed by atoms with E-state index in [4.69, 9.17) is 17.0 Å². The molecule has 2 aromatic rings. The predicted octanol–water partition coefficient (Wildman–Crippen LogP) is 1.91. The Morgan fingerprint density at radius 2 is 2.00 bits per heavy atom. The first-order valence-electron chi connectivity index (χ1n) is 7.37. The van der Waals surface area contributed by atoms with Crippen molar-refractivity contribution < 1.29 is 9.53 Å². The van der Waals surface area contributed by atoms with E-state index in [-0.39, 0.29) is 22.7 Å². The average molecular weight is 346 g/mol. The van der Waals surface area contributed by atoms with Gasteiger partial charge in [-0.1, -0.05) is 0 Å². The van der Waals surface area contributed by atoms with E-state index in [0.717, 1.165) is 11.3 Å². The number of carbonyl (C=O) groups is 1. The lowest BCUT2D eigenvalue weighted by Gasteiger charge is -2.05. The summed E-state index contributed by atoms with van der Waals surface area (Å²) >= 11 is 4.86. The van der Waals surface area contributed by atoms with Crippen molar-refractivity contribution in [1.82, 2.24) is 15.4 Å². The first kappa shape index (κ1) is 17.6. The molecule has 1 aromatic carbocycles. The summed E-state index contributed by atoms with van der Waals surface area (Å²) < 4.78 is 5.55. The second kappa shape index (κ2) is 8.21. The van der Waals surface area contributed by atoms with Gasteiger partial charge in [-0.3, -0.25) is 14.6 Å². The molecule has 0 unspecified atom stereocenters. The Balaban J connectivity index is 1.99. The van der Waals surface area contributed by atoms with Crippen LogP contribution in [0.15, 0.2) is 40.2 Å². The Morgan fingerprint density at radius 1 is 1.29 bits per heavy atom. The topological polar surface area (TPSA) is 99.3 Å². The maximum atomic E-state index is 11.9. The zero-order valence-corrected chi connectivity index (χ0v) is 14.2. The second-order valence-corrected chi connectivity index (χ2v) is 5.39. The minimum absolute atomic E-state index is 0.0202. The van der Waals surface area contributed by atoms with E-state index in [9.17, 15) is 9.59 Å². The number of aromatic amines is 2. The van der Waals surface area contributed by atoms with Crippen molar-refractivity contribution in [3.05, 3.63) is 56.7 Å². The second-order valence-electron chi connectivity index (χ2n) is 4.98. The number of nitrogens with one attached hydrogen (secondary N) is 3. The van der Waals surface area contributed by atoms with Crippen LogP contribution in [0.4, 0.5) is 0 Å². The van der Waals surface area contributed by atoms with Crippen LogP contribution < -0.4 is 15.7 Å². The summed E-state index contributed by atoms with van der Waals surface area (Å²) in [5.74, 6) is 0.430. The highest BCUT2D eigenvalue weighted by atomic mass is 32.1. The highest BCUT2D eigenvalue weighted by molar-refractivity contribution is 7.71. The quantitative estimate of drug-likeness (QED) is 0.423. The predicted molar refractivity (Wildman–Crippen MR) is 93.9 cm³/mol. The summed E-state index contributed by atoms with van der Waals surface area (Å²) in [5.41, 5.74) is 4.06. The van der Waals surface area contributed by atoms with Crippen LogP contribution in [0.2, 0.25) is 0 Å². The third-order valence-corrected chi connectivity index (χ3v) is 3.30. The Kier molecular flexibility index (Phi) is 6.02. The number of aromatic nitrogens is 2. The van der Waals surface area contributed by atoms with Gasteiger partial charge >= 0.3 is 0 Å². The molecule has 0 atom stereocenters. The largest absolute Gasteiger partial charge is 0.494 e. The number of ether oxygens (including phenoxy) is 1. The summed E-state index contributed by atoms with van der Waals surface area (Å²) in [5, 5.41) is 4.06. The molecule has 1 heterocycles. The van der Waals surface area contributed by atoms with E-state index in [1.54, 1.807) is 6.92 Å². The lowest BCUT2D eigenvalue weighted by molar-refractivity contribution is -0.120. The van der Waals surface area contributed by atoms with E-state index in [2.05, 4.69) is 20.5 Å². The van der Waals surface area contributed by atoms with Crippen LogP contribution >= 0.6 is 12.2 Å². The van der Waals surface area contributed by atoms with Crippen LogP contribution in [0.25, 0.3) is 0 Å². The molecule has 0 radical (unpaired) electrons. The van der Waals surface area contributed by atoms with Crippen molar-refractivity contribution in [3.63, 3.8) is 0 Å². The number of hydrogen-bond acceptors (Lipinski definition) is 5. The molecule has 8 heteroatoms. The summed E-state index contributed by atoms with van der Waals surface area (Å²) in [4.78, 5) is 28.4. The Bertz CT molecular complexity index is 824. The number of amides is 1. The lowest BCUT2D eigenvalue weighted by Crippen LogP contribution is -2.23. The number of hydrazone groups is 1. The molecular formula is C16H18N4O3S. The van der Waals surface area contributed by atoms with Crippen molar-refractivity contribution >= 4 is 23.8 Å². The number of hydrogen-bond donors (Lipinski definition) is 3. The molecule has 0 spiro atoms. The van der Waals surface area contributed by atoms with Crippen molar-refractivity contribution in [3.8, 4) is 5.75 Å². The fourth-order valence-corrected chi connectivity index (χ4v) is 2.23. The molecule has 1 amide bonds. The van der Waals surface area contributed by atoms with Crippen molar-refractivity contribution in [2.75, 3.05) is 6.61 Å². The van der Waals surface area contributed by atoms with Crippen LogP contribution in [0.1, 0.15) is 25.1 Å². The first-order valence-corrected chi connectivity index (χ1v) is 7.77. The minimum atomic E-state index is -0.351. The minimum Gasteiger partial charge on any atom is -0.494 e. The average Bonchev–Trinajstić information content (AvgIpc) is 2.52. The van der Waals surface area contributed by atoms with Gasteiger partial charge in [0.15, 0.2) is 4.77 Å². The Hall–Kier alpha value is -2.74. The number of H-pyrrole nitrogens is 2. The normalized spacial score (nSPS) is 11.2. The SMILES string of the molecule is CCOc1ccc(/C(C)=N\NC(=O)Cc2cc(=O)[nH]c(=S)[nH]2)cc1. The summed E-state index contributed by atoms with van der Waals surface area (Å²) in [6, 6.07) is 8.71. The molecular weight excluding hydrogens is 328 g/mol. The van der Waals surface area contributed by atoms with Gasteiger partial charge in [-0.15, -0.1) is 0 Å². The number of carbonyl (C=O) groups excluding carboxylic acids is 1. The molecule has 0 bridgehead atoms.